The standard InChI is InChI=1S/C16H23NO2/c1-12-13(2)17(10-9-16(12)19-14(3)18)11-15-7-5-4-6-8-15/h4-8,12-13,16H,9-11H2,1-3H3/t12-,13-,16-/m0/s1. The molecule has 0 N–H and O–H groups in total. The SMILES string of the molecule is CC(=O)O[C@H]1CCN(Cc2ccccc2)[C@@H](C)[C@@H]1C. The van der Waals surface area contributed by atoms with Gasteiger partial charge in [0.05, 0.1) is 0 Å². The molecule has 0 bridgehead atoms. The minimum Gasteiger partial charge on any atom is -0.462 e. The zero-order valence-electron chi connectivity index (χ0n) is 12.0. The summed E-state index contributed by atoms with van der Waals surface area (Å²) >= 11 is 0. The van der Waals surface area contributed by atoms with Crippen molar-refractivity contribution in [2.45, 2.75) is 45.9 Å². The number of carbonyl (C=O) groups is 1. The van der Waals surface area contributed by atoms with E-state index in [0.29, 0.717) is 12.0 Å². The first kappa shape index (κ1) is 14.1. The van der Waals surface area contributed by atoms with E-state index in [2.05, 4.69) is 43.0 Å². The minimum atomic E-state index is -0.166. The van der Waals surface area contributed by atoms with Gasteiger partial charge in [0.2, 0.25) is 0 Å². The Morgan fingerprint density at radius 1 is 1.32 bits per heavy atom. The molecule has 3 heteroatoms. The Labute approximate surface area is 115 Å². The summed E-state index contributed by atoms with van der Waals surface area (Å²) in [5.74, 6) is 0.210. The van der Waals surface area contributed by atoms with Crippen molar-refractivity contribution in [3.05, 3.63) is 35.9 Å². The molecule has 0 saturated carbocycles. The van der Waals surface area contributed by atoms with Crippen molar-refractivity contribution in [2.75, 3.05) is 6.54 Å². The van der Waals surface area contributed by atoms with E-state index in [1.165, 1.54) is 12.5 Å². The van der Waals surface area contributed by atoms with Gasteiger partial charge in [0.25, 0.3) is 0 Å². The second-order valence-corrected chi connectivity index (χ2v) is 5.49. The third-order valence-corrected chi connectivity index (χ3v) is 4.17. The Morgan fingerprint density at radius 2 is 2.00 bits per heavy atom. The summed E-state index contributed by atoms with van der Waals surface area (Å²) in [6, 6.07) is 11.0. The van der Waals surface area contributed by atoms with Crippen LogP contribution in [0.1, 0.15) is 32.8 Å². The number of piperidine rings is 1. The van der Waals surface area contributed by atoms with Crippen molar-refractivity contribution in [2.24, 2.45) is 5.92 Å². The Hall–Kier alpha value is -1.35. The highest BCUT2D eigenvalue weighted by molar-refractivity contribution is 5.66. The fourth-order valence-electron chi connectivity index (χ4n) is 2.82. The van der Waals surface area contributed by atoms with E-state index in [0.717, 1.165) is 19.5 Å². The Morgan fingerprint density at radius 3 is 2.63 bits per heavy atom. The molecule has 3 atom stereocenters. The van der Waals surface area contributed by atoms with Gasteiger partial charge in [-0.3, -0.25) is 9.69 Å². The molecule has 0 aliphatic carbocycles. The summed E-state index contributed by atoms with van der Waals surface area (Å²) < 4.78 is 5.41. The Kier molecular flexibility index (Phi) is 4.59. The van der Waals surface area contributed by atoms with Crippen LogP contribution in [0.3, 0.4) is 0 Å². The molecule has 1 aliphatic rings. The van der Waals surface area contributed by atoms with Crippen LogP contribution in [0.4, 0.5) is 0 Å². The highest BCUT2D eigenvalue weighted by Crippen LogP contribution is 2.27. The van der Waals surface area contributed by atoms with Crippen LogP contribution >= 0.6 is 0 Å². The summed E-state index contributed by atoms with van der Waals surface area (Å²) in [6.45, 7) is 7.85. The van der Waals surface area contributed by atoms with Crippen LogP contribution in [0, 0.1) is 5.92 Å². The first-order valence-electron chi connectivity index (χ1n) is 7.03. The largest absolute Gasteiger partial charge is 0.462 e. The number of hydrogen-bond donors (Lipinski definition) is 0. The molecule has 3 nitrogen and oxygen atoms in total. The number of likely N-dealkylation sites (tertiary alicyclic amines) is 1. The van der Waals surface area contributed by atoms with Gasteiger partial charge in [0.15, 0.2) is 0 Å². The molecule has 1 heterocycles. The Bertz CT molecular complexity index is 418. The van der Waals surface area contributed by atoms with Gasteiger partial charge in [-0.15, -0.1) is 0 Å². The highest BCUT2D eigenvalue weighted by Gasteiger charge is 2.34. The lowest BCUT2D eigenvalue weighted by Crippen LogP contribution is -2.49. The van der Waals surface area contributed by atoms with Crippen LogP contribution in [0.2, 0.25) is 0 Å². The quantitative estimate of drug-likeness (QED) is 0.784. The van der Waals surface area contributed by atoms with Gasteiger partial charge in [-0.2, -0.15) is 0 Å². The number of benzene rings is 1. The molecule has 1 aliphatic heterocycles. The van der Waals surface area contributed by atoms with Crippen molar-refractivity contribution < 1.29 is 9.53 Å². The van der Waals surface area contributed by atoms with Gasteiger partial charge in [-0.1, -0.05) is 37.3 Å². The molecule has 2 rings (SSSR count). The second kappa shape index (κ2) is 6.20. The highest BCUT2D eigenvalue weighted by atomic mass is 16.5. The van der Waals surface area contributed by atoms with Gasteiger partial charge in [-0.25, -0.2) is 0 Å². The predicted molar refractivity (Wildman–Crippen MR) is 75.6 cm³/mol. The van der Waals surface area contributed by atoms with Gasteiger partial charge < -0.3 is 4.74 Å². The van der Waals surface area contributed by atoms with Gasteiger partial charge in [-0.05, 0) is 18.9 Å². The molecule has 0 unspecified atom stereocenters. The predicted octanol–water partition coefficient (Wildman–Crippen LogP) is 2.85. The molecule has 19 heavy (non-hydrogen) atoms. The van der Waals surface area contributed by atoms with Crippen LogP contribution in [0.25, 0.3) is 0 Å². The lowest BCUT2D eigenvalue weighted by atomic mass is 9.88. The molecule has 1 saturated heterocycles. The third-order valence-electron chi connectivity index (χ3n) is 4.17. The lowest BCUT2D eigenvalue weighted by molar-refractivity contribution is -0.153. The van der Waals surface area contributed by atoms with Gasteiger partial charge in [0, 0.05) is 32.0 Å². The maximum atomic E-state index is 11.1. The number of nitrogens with zero attached hydrogens (tertiary/aromatic N) is 1. The average molecular weight is 261 g/mol. The number of hydrogen-bond acceptors (Lipinski definition) is 3. The summed E-state index contributed by atoms with van der Waals surface area (Å²) in [6.07, 6.45) is 0.997. The third kappa shape index (κ3) is 3.57. The van der Waals surface area contributed by atoms with Crippen molar-refractivity contribution in [3.63, 3.8) is 0 Å². The maximum absolute atomic E-state index is 11.1. The van der Waals surface area contributed by atoms with E-state index in [1.807, 2.05) is 6.07 Å². The summed E-state index contributed by atoms with van der Waals surface area (Å²) in [7, 11) is 0. The van der Waals surface area contributed by atoms with Crippen LogP contribution in [-0.2, 0) is 16.1 Å². The molecular formula is C16H23NO2. The van der Waals surface area contributed by atoms with Crippen molar-refractivity contribution in [1.29, 1.82) is 0 Å². The maximum Gasteiger partial charge on any atom is 0.302 e. The molecule has 0 aromatic heterocycles. The Balaban J connectivity index is 1.97. The summed E-state index contributed by atoms with van der Waals surface area (Å²) in [4.78, 5) is 13.6. The zero-order valence-corrected chi connectivity index (χ0v) is 12.0. The van der Waals surface area contributed by atoms with Gasteiger partial charge >= 0.3 is 5.97 Å². The average Bonchev–Trinajstić information content (AvgIpc) is 2.39. The first-order valence-corrected chi connectivity index (χ1v) is 7.03. The molecule has 1 fully saturated rings. The topological polar surface area (TPSA) is 29.5 Å². The smallest absolute Gasteiger partial charge is 0.302 e. The minimum absolute atomic E-state index is 0.0690. The van der Waals surface area contributed by atoms with E-state index in [4.69, 9.17) is 4.74 Å². The van der Waals surface area contributed by atoms with Crippen LogP contribution in [0.5, 0.6) is 0 Å². The summed E-state index contributed by atoms with van der Waals surface area (Å²) in [5, 5.41) is 0. The molecule has 1 aromatic rings. The number of carbonyl (C=O) groups excluding carboxylic acids is 1. The van der Waals surface area contributed by atoms with Crippen LogP contribution in [0.15, 0.2) is 30.3 Å². The van der Waals surface area contributed by atoms with E-state index in [9.17, 15) is 4.79 Å². The van der Waals surface area contributed by atoms with Gasteiger partial charge in [0.1, 0.15) is 6.10 Å². The van der Waals surface area contributed by atoms with Crippen LogP contribution in [-0.4, -0.2) is 29.6 Å². The van der Waals surface area contributed by atoms with E-state index in [-0.39, 0.29) is 12.1 Å². The lowest BCUT2D eigenvalue weighted by Gasteiger charge is -2.42. The fourth-order valence-corrected chi connectivity index (χ4v) is 2.82. The summed E-state index contributed by atoms with van der Waals surface area (Å²) in [5.41, 5.74) is 1.34. The van der Waals surface area contributed by atoms with E-state index in [1.54, 1.807) is 0 Å². The first-order chi connectivity index (χ1) is 9.08. The zero-order chi connectivity index (χ0) is 13.8. The molecular weight excluding hydrogens is 238 g/mol. The monoisotopic (exact) mass is 261 g/mol. The number of rotatable bonds is 3. The normalized spacial score (nSPS) is 28.1. The fraction of sp³-hybridized carbons (Fsp3) is 0.562. The molecule has 0 radical (unpaired) electrons. The van der Waals surface area contributed by atoms with Crippen LogP contribution < -0.4 is 0 Å². The number of ether oxygens (including phenoxy) is 1. The molecule has 0 amide bonds. The van der Waals surface area contributed by atoms with E-state index < -0.39 is 0 Å². The molecule has 1 aromatic carbocycles. The van der Waals surface area contributed by atoms with Crippen molar-refractivity contribution >= 4 is 5.97 Å². The van der Waals surface area contributed by atoms with Crippen molar-refractivity contribution in [3.8, 4) is 0 Å². The molecule has 104 valence electrons. The number of esters is 1. The van der Waals surface area contributed by atoms with E-state index >= 15 is 0 Å². The van der Waals surface area contributed by atoms with Crippen molar-refractivity contribution in [1.82, 2.24) is 4.90 Å². The second-order valence-electron chi connectivity index (χ2n) is 5.49. The molecule has 0 spiro atoms.